The summed E-state index contributed by atoms with van der Waals surface area (Å²) in [5.74, 6) is -3.48. The number of carbonyl (C=O) groups excluding carboxylic acids is 2. The van der Waals surface area contributed by atoms with E-state index in [9.17, 15) is 14.7 Å². The van der Waals surface area contributed by atoms with E-state index in [2.05, 4.69) is 20.8 Å². The smallest absolute Gasteiger partial charge is 0.345 e. The van der Waals surface area contributed by atoms with E-state index in [0.717, 1.165) is 25.9 Å². The molecule has 1 aliphatic carbocycles. The fourth-order valence-corrected chi connectivity index (χ4v) is 3.74. The summed E-state index contributed by atoms with van der Waals surface area (Å²) in [5, 5.41) is 10.1. The van der Waals surface area contributed by atoms with Crippen molar-refractivity contribution in [3.05, 3.63) is 22.1 Å². The molecule has 7 heteroatoms. The minimum absolute atomic E-state index is 0.0908. The lowest BCUT2D eigenvalue weighted by Crippen LogP contribution is -2.45. The van der Waals surface area contributed by atoms with Gasteiger partial charge in [0, 0.05) is 19.9 Å². The second kappa shape index (κ2) is 5.38. The zero-order valence-electron chi connectivity index (χ0n) is 12.5. The van der Waals surface area contributed by atoms with Crippen LogP contribution in [-0.2, 0) is 19.1 Å². The highest BCUT2D eigenvalue weighted by atomic mass is 79.9. The molecule has 0 amide bonds. The lowest BCUT2D eigenvalue weighted by atomic mass is 9.91. The number of halogens is 1. The molecular formula is C15H18BrNO5. The van der Waals surface area contributed by atoms with E-state index in [4.69, 9.17) is 9.47 Å². The summed E-state index contributed by atoms with van der Waals surface area (Å²) in [6.45, 7) is 4.78. The number of nitrogens with zero attached hydrogens (tertiary/aromatic N) is 1. The zero-order chi connectivity index (χ0) is 16.1. The summed E-state index contributed by atoms with van der Waals surface area (Å²) in [7, 11) is 0. The Balaban J connectivity index is 1.98. The van der Waals surface area contributed by atoms with E-state index in [1.165, 1.54) is 13.8 Å². The highest BCUT2D eigenvalue weighted by molar-refractivity contribution is 9.12. The standard InChI is InChI=1S/C15H18BrNO5/c1-15(2)21-13(19)11(14(20)22-15)10-9(7-8(16)12(10)18)17-5-3-4-6-17/h7,9-10,19H,3-6H2,1-2H3/t9-,10+/m1/s1. The number of aliphatic hydroxyl groups is 1. The van der Waals surface area contributed by atoms with Gasteiger partial charge in [0.15, 0.2) is 5.78 Å². The van der Waals surface area contributed by atoms with Crippen molar-refractivity contribution in [2.24, 2.45) is 5.92 Å². The van der Waals surface area contributed by atoms with Crippen LogP contribution in [0.2, 0.25) is 0 Å². The number of rotatable bonds is 2. The average Bonchev–Trinajstić information content (AvgIpc) is 3.00. The Morgan fingerprint density at radius 1 is 1.27 bits per heavy atom. The van der Waals surface area contributed by atoms with Crippen LogP contribution in [0, 0.1) is 5.92 Å². The third-order valence-corrected chi connectivity index (χ3v) is 4.84. The van der Waals surface area contributed by atoms with Gasteiger partial charge in [-0.2, -0.15) is 0 Å². The number of likely N-dealkylation sites (tertiary alicyclic amines) is 1. The van der Waals surface area contributed by atoms with Crippen LogP contribution in [0.5, 0.6) is 0 Å². The Bertz CT molecular complexity index is 589. The van der Waals surface area contributed by atoms with E-state index in [1.807, 2.05) is 0 Å². The second-order valence-electron chi connectivity index (χ2n) is 6.20. The van der Waals surface area contributed by atoms with Crippen LogP contribution in [0.3, 0.4) is 0 Å². The summed E-state index contributed by atoms with van der Waals surface area (Å²) < 4.78 is 10.8. The molecule has 0 aromatic rings. The van der Waals surface area contributed by atoms with Gasteiger partial charge in [-0.15, -0.1) is 0 Å². The minimum atomic E-state index is -1.24. The molecule has 2 aliphatic heterocycles. The van der Waals surface area contributed by atoms with Gasteiger partial charge in [-0.1, -0.05) is 0 Å². The summed E-state index contributed by atoms with van der Waals surface area (Å²) in [4.78, 5) is 26.9. The number of aliphatic hydroxyl groups excluding tert-OH is 1. The SMILES string of the molecule is CC1(C)OC(=O)C([C@H]2C(=O)C(Br)=C[C@H]2N2CCCC2)=C(O)O1. The topological polar surface area (TPSA) is 76.1 Å². The van der Waals surface area contributed by atoms with E-state index in [0.29, 0.717) is 4.48 Å². The van der Waals surface area contributed by atoms with Crippen LogP contribution < -0.4 is 0 Å². The number of Topliss-reactive ketones (excluding diaryl/α,β-unsaturated/α-hetero) is 1. The number of esters is 1. The van der Waals surface area contributed by atoms with Gasteiger partial charge in [-0.05, 0) is 47.9 Å². The first-order chi connectivity index (χ1) is 10.3. The monoisotopic (exact) mass is 371 g/mol. The molecule has 2 heterocycles. The summed E-state index contributed by atoms with van der Waals surface area (Å²) >= 11 is 3.25. The van der Waals surface area contributed by atoms with Gasteiger partial charge in [-0.3, -0.25) is 9.69 Å². The Kier molecular flexibility index (Phi) is 3.81. The summed E-state index contributed by atoms with van der Waals surface area (Å²) in [6, 6.07) is -0.265. The molecule has 1 N–H and O–H groups in total. The maximum absolute atomic E-state index is 12.5. The van der Waals surface area contributed by atoms with Gasteiger partial charge in [0.2, 0.25) is 0 Å². The second-order valence-corrected chi connectivity index (χ2v) is 7.05. The molecule has 120 valence electrons. The van der Waals surface area contributed by atoms with Crippen molar-refractivity contribution < 1.29 is 24.2 Å². The first-order valence-corrected chi connectivity index (χ1v) is 8.10. The molecular weight excluding hydrogens is 354 g/mol. The number of hydrogen-bond acceptors (Lipinski definition) is 6. The van der Waals surface area contributed by atoms with E-state index < -0.39 is 23.6 Å². The number of allylic oxidation sites excluding steroid dienone is 1. The Morgan fingerprint density at radius 2 is 1.91 bits per heavy atom. The molecule has 22 heavy (non-hydrogen) atoms. The van der Waals surface area contributed by atoms with Crippen LogP contribution >= 0.6 is 15.9 Å². The first-order valence-electron chi connectivity index (χ1n) is 7.31. The third-order valence-electron chi connectivity index (χ3n) is 4.18. The maximum Gasteiger partial charge on any atom is 0.345 e. The molecule has 2 atom stereocenters. The van der Waals surface area contributed by atoms with Crippen LogP contribution in [-0.4, -0.2) is 46.7 Å². The molecule has 3 rings (SSSR count). The van der Waals surface area contributed by atoms with Crippen LogP contribution in [0.4, 0.5) is 0 Å². The van der Waals surface area contributed by atoms with Gasteiger partial charge < -0.3 is 14.6 Å². The predicted molar refractivity (Wildman–Crippen MR) is 81.0 cm³/mol. The van der Waals surface area contributed by atoms with Crippen LogP contribution in [0.25, 0.3) is 0 Å². The molecule has 0 unspecified atom stereocenters. The van der Waals surface area contributed by atoms with Crippen molar-refractivity contribution >= 4 is 27.7 Å². The molecule has 0 radical (unpaired) electrons. The Morgan fingerprint density at radius 3 is 2.50 bits per heavy atom. The molecule has 3 aliphatic rings. The maximum atomic E-state index is 12.5. The van der Waals surface area contributed by atoms with Gasteiger partial charge in [-0.25, -0.2) is 4.79 Å². The van der Waals surface area contributed by atoms with Crippen LogP contribution in [0.1, 0.15) is 26.7 Å². The molecule has 6 nitrogen and oxygen atoms in total. The lowest BCUT2D eigenvalue weighted by molar-refractivity contribution is -0.223. The van der Waals surface area contributed by atoms with E-state index in [-0.39, 0.29) is 17.4 Å². The van der Waals surface area contributed by atoms with Gasteiger partial charge in [0.05, 0.1) is 10.4 Å². The average molecular weight is 372 g/mol. The van der Waals surface area contributed by atoms with Crippen molar-refractivity contribution in [1.29, 1.82) is 0 Å². The predicted octanol–water partition coefficient (Wildman–Crippen LogP) is 2.01. The number of hydrogen-bond donors (Lipinski definition) is 1. The van der Waals surface area contributed by atoms with Crippen LogP contribution in [0.15, 0.2) is 22.1 Å². The van der Waals surface area contributed by atoms with Gasteiger partial charge >= 0.3 is 5.97 Å². The fourth-order valence-electron chi connectivity index (χ4n) is 3.22. The largest absolute Gasteiger partial charge is 0.480 e. The number of ether oxygens (including phenoxy) is 2. The Hall–Kier alpha value is -1.34. The first kappa shape index (κ1) is 15.6. The highest BCUT2D eigenvalue weighted by Crippen LogP contribution is 2.39. The summed E-state index contributed by atoms with van der Waals surface area (Å²) in [5.41, 5.74) is -0.0908. The molecule has 0 spiro atoms. The zero-order valence-corrected chi connectivity index (χ0v) is 14.1. The number of ketones is 1. The Labute approximate surface area is 136 Å². The molecule has 0 aromatic carbocycles. The fraction of sp³-hybridized carbons (Fsp3) is 0.600. The van der Waals surface area contributed by atoms with Crippen molar-refractivity contribution in [2.45, 2.75) is 38.5 Å². The number of carbonyl (C=O) groups is 2. The van der Waals surface area contributed by atoms with Gasteiger partial charge in [0.25, 0.3) is 11.7 Å². The van der Waals surface area contributed by atoms with Crippen molar-refractivity contribution in [1.82, 2.24) is 4.90 Å². The molecule has 0 saturated carbocycles. The quantitative estimate of drug-likeness (QED) is 0.748. The molecule has 0 aromatic heterocycles. The molecule has 0 bridgehead atoms. The van der Waals surface area contributed by atoms with E-state index in [1.54, 1.807) is 6.08 Å². The van der Waals surface area contributed by atoms with Gasteiger partial charge in [0.1, 0.15) is 5.57 Å². The molecule has 1 saturated heterocycles. The van der Waals surface area contributed by atoms with Crippen molar-refractivity contribution in [3.63, 3.8) is 0 Å². The van der Waals surface area contributed by atoms with Crippen molar-refractivity contribution in [2.75, 3.05) is 13.1 Å². The number of cyclic esters (lactones) is 1. The lowest BCUT2D eigenvalue weighted by Gasteiger charge is -2.34. The minimum Gasteiger partial charge on any atom is -0.480 e. The van der Waals surface area contributed by atoms with Crippen molar-refractivity contribution in [3.8, 4) is 0 Å². The third kappa shape index (κ3) is 2.56. The highest BCUT2D eigenvalue weighted by Gasteiger charge is 2.49. The normalized spacial score (nSPS) is 32.0. The van der Waals surface area contributed by atoms with E-state index >= 15 is 0 Å². The molecule has 1 fully saturated rings. The summed E-state index contributed by atoms with van der Waals surface area (Å²) in [6.07, 6.45) is 3.91.